The van der Waals surface area contributed by atoms with Crippen molar-refractivity contribution in [1.82, 2.24) is 4.90 Å². The SMILES string of the molecule is CN1CCCC(CC#CC(=O)O)C1. The first-order chi connectivity index (χ1) is 6.18. The molecule has 0 aromatic heterocycles. The summed E-state index contributed by atoms with van der Waals surface area (Å²) >= 11 is 0. The normalized spacial score (nSPS) is 23.3. The molecule has 0 bridgehead atoms. The quantitative estimate of drug-likeness (QED) is 0.608. The molecular weight excluding hydrogens is 166 g/mol. The van der Waals surface area contributed by atoms with Gasteiger partial charge in [-0.05, 0) is 32.4 Å². The molecule has 1 heterocycles. The number of rotatable bonds is 1. The Labute approximate surface area is 78.7 Å². The summed E-state index contributed by atoms with van der Waals surface area (Å²) in [4.78, 5) is 12.4. The highest BCUT2D eigenvalue weighted by Gasteiger charge is 2.15. The lowest BCUT2D eigenvalue weighted by atomic mass is 9.95. The lowest BCUT2D eigenvalue weighted by Crippen LogP contribution is -2.31. The second-order valence-electron chi connectivity index (χ2n) is 3.58. The van der Waals surface area contributed by atoms with E-state index < -0.39 is 5.97 Å². The highest BCUT2D eigenvalue weighted by molar-refractivity contribution is 5.86. The van der Waals surface area contributed by atoms with Crippen molar-refractivity contribution in [2.75, 3.05) is 20.1 Å². The molecule has 1 atom stereocenters. The highest BCUT2D eigenvalue weighted by Crippen LogP contribution is 2.17. The molecule has 0 aliphatic carbocycles. The summed E-state index contributed by atoms with van der Waals surface area (Å²) in [6.07, 6.45) is 3.10. The molecule has 0 spiro atoms. The molecule has 1 saturated heterocycles. The van der Waals surface area contributed by atoms with Crippen molar-refractivity contribution in [3.63, 3.8) is 0 Å². The van der Waals surface area contributed by atoms with E-state index in [0.29, 0.717) is 5.92 Å². The van der Waals surface area contributed by atoms with Crippen molar-refractivity contribution in [1.29, 1.82) is 0 Å². The van der Waals surface area contributed by atoms with E-state index in [9.17, 15) is 4.79 Å². The number of carboxylic acids is 1. The molecule has 1 unspecified atom stereocenters. The molecule has 0 aromatic carbocycles. The Hall–Kier alpha value is -1.01. The maximum atomic E-state index is 10.1. The van der Waals surface area contributed by atoms with Crippen molar-refractivity contribution in [3.05, 3.63) is 0 Å². The molecular formula is C10H15NO2. The Morgan fingerprint density at radius 2 is 2.46 bits per heavy atom. The fourth-order valence-corrected chi connectivity index (χ4v) is 1.71. The van der Waals surface area contributed by atoms with Crippen molar-refractivity contribution in [3.8, 4) is 11.8 Å². The average molecular weight is 181 g/mol. The Kier molecular flexibility index (Phi) is 3.78. The molecule has 3 heteroatoms. The van der Waals surface area contributed by atoms with E-state index in [1.54, 1.807) is 0 Å². The fraction of sp³-hybridized carbons (Fsp3) is 0.700. The minimum absolute atomic E-state index is 0.561. The number of carboxylic acid groups (broad SMARTS) is 1. The molecule has 1 N–H and O–H groups in total. The summed E-state index contributed by atoms with van der Waals surface area (Å²) < 4.78 is 0. The molecule has 0 saturated carbocycles. The topological polar surface area (TPSA) is 40.5 Å². The second kappa shape index (κ2) is 4.88. The molecule has 72 valence electrons. The van der Waals surface area contributed by atoms with Gasteiger partial charge in [0.1, 0.15) is 0 Å². The van der Waals surface area contributed by atoms with Gasteiger partial charge in [-0.3, -0.25) is 0 Å². The van der Waals surface area contributed by atoms with Gasteiger partial charge in [0.2, 0.25) is 0 Å². The average Bonchev–Trinajstić information content (AvgIpc) is 2.03. The van der Waals surface area contributed by atoms with Gasteiger partial charge in [0.25, 0.3) is 0 Å². The van der Waals surface area contributed by atoms with Gasteiger partial charge in [0.05, 0.1) is 0 Å². The second-order valence-corrected chi connectivity index (χ2v) is 3.58. The van der Waals surface area contributed by atoms with Crippen LogP contribution in [0, 0.1) is 17.8 Å². The van der Waals surface area contributed by atoms with E-state index in [4.69, 9.17) is 5.11 Å². The minimum Gasteiger partial charge on any atom is -0.472 e. The standard InChI is InChI=1S/C10H15NO2/c1-11-7-3-5-9(8-11)4-2-6-10(12)13/h9H,3-5,7-8H2,1H3,(H,12,13). The van der Waals surface area contributed by atoms with Crippen LogP contribution >= 0.6 is 0 Å². The summed E-state index contributed by atoms with van der Waals surface area (Å²) in [6, 6.07) is 0. The van der Waals surface area contributed by atoms with Crippen molar-refractivity contribution in [2.45, 2.75) is 19.3 Å². The van der Waals surface area contributed by atoms with Crippen LogP contribution in [-0.2, 0) is 4.79 Å². The van der Waals surface area contributed by atoms with Crippen molar-refractivity contribution in [2.24, 2.45) is 5.92 Å². The number of hydrogen-bond acceptors (Lipinski definition) is 2. The molecule has 1 rings (SSSR count). The van der Waals surface area contributed by atoms with Gasteiger partial charge < -0.3 is 10.0 Å². The molecule has 1 aliphatic rings. The Morgan fingerprint density at radius 1 is 1.69 bits per heavy atom. The van der Waals surface area contributed by atoms with Crippen LogP contribution in [0.2, 0.25) is 0 Å². The van der Waals surface area contributed by atoms with Gasteiger partial charge >= 0.3 is 5.97 Å². The Morgan fingerprint density at radius 3 is 3.08 bits per heavy atom. The Bertz CT molecular complexity index is 239. The van der Waals surface area contributed by atoms with E-state index in [0.717, 1.165) is 19.5 Å². The smallest absolute Gasteiger partial charge is 0.381 e. The van der Waals surface area contributed by atoms with Crippen LogP contribution < -0.4 is 0 Å². The Balaban J connectivity index is 2.29. The van der Waals surface area contributed by atoms with Crippen LogP contribution in [-0.4, -0.2) is 36.1 Å². The fourth-order valence-electron chi connectivity index (χ4n) is 1.71. The third-order valence-electron chi connectivity index (χ3n) is 2.31. The first-order valence-corrected chi connectivity index (χ1v) is 4.59. The summed E-state index contributed by atoms with van der Waals surface area (Å²) in [7, 11) is 2.09. The first kappa shape index (κ1) is 10.1. The zero-order valence-electron chi connectivity index (χ0n) is 7.92. The van der Waals surface area contributed by atoms with E-state index in [1.165, 1.54) is 12.8 Å². The number of carbonyl (C=O) groups is 1. The lowest BCUT2D eigenvalue weighted by molar-refractivity contribution is -0.130. The van der Waals surface area contributed by atoms with E-state index >= 15 is 0 Å². The third kappa shape index (κ3) is 3.95. The predicted molar refractivity (Wildman–Crippen MR) is 50.2 cm³/mol. The summed E-state index contributed by atoms with van der Waals surface area (Å²) in [5.74, 6) is 4.39. The highest BCUT2D eigenvalue weighted by atomic mass is 16.4. The molecule has 0 aromatic rings. The number of nitrogens with zero attached hydrogens (tertiary/aromatic N) is 1. The van der Waals surface area contributed by atoms with Crippen LogP contribution in [0.15, 0.2) is 0 Å². The van der Waals surface area contributed by atoms with E-state index in [1.807, 2.05) is 0 Å². The predicted octanol–water partition coefficient (Wildman–Crippen LogP) is 0.806. The summed E-state index contributed by atoms with van der Waals surface area (Å²) in [6.45, 7) is 2.21. The van der Waals surface area contributed by atoms with Crippen LogP contribution in [0.5, 0.6) is 0 Å². The largest absolute Gasteiger partial charge is 0.472 e. The van der Waals surface area contributed by atoms with E-state index in [-0.39, 0.29) is 0 Å². The molecule has 0 amide bonds. The van der Waals surface area contributed by atoms with Crippen LogP contribution in [0.1, 0.15) is 19.3 Å². The van der Waals surface area contributed by atoms with Crippen molar-refractivity contribution < 1.29 is 9.90 Å². The number of likely N-dealkylation sites (tertiary alicyclic amines) is 1. The lowest BCUT2D eigenvalue weighted by Gasteiger charge is -2.28. The molecule has 3 nitrogen and oxygen atoms in total. The first-order valence-electron chi connectivity index (χ1n) is 4.59. The van der Waals surface area contributed by atoms with Crippen LogP contribution in [0.3, 0.4) is 0 Å². The van der Waals surface area contributed by atoms with Gasteiger partial charge in [-0.25, -0.2) is 4.79 Å². The van der Waals surface area contributed by atoms with Gasteiger partial charge in [-0.15, -0.1) is 0 Å². The third-order valence-corrected chi connectivity index (χ3v) is 2.31. The number of aliphatic carboxylic acids is 1. The zero-order chi connectivity index (χ0) is 9.68. The molecule has 1 fully saturated rings. The van der Waals surface area contributed by atoms with E-state index in [2.05, 4.69) is 23.8 Å². The monoisotopic (exact) mass is 181 g/mol. The van der Waals surface area contributed by atoms with Gasteiger partial charge in [0, 0.05) is 18.9 Å². The number of hydrogen-bond donors (Lipinski definition) is 1. The van der Waals surface area contributed by atoms with Crippen LogP contribution in [0.25, 0.3) is 0 Å². The summed E-state index contributed by atoms with van der Waals surface area (Å²) in [5.41, 5.74) is 0. The number of piperidine rings is 1. The minimum atomic E-state index is -1.02. The summed E-state index contributed by atoms with van der Waals surface area (Å²) in [5, 5.41) is 8.31. The molecule has 13 heavy (non-hydrogen) atoms. The maximum Gasteiger partial charge on any atom is 0.381 e. The molecule has 1 aliphatic heterocycles. The van der Waals surface area contributed by atoms with Crippen molar-refractivity contribution >= 4 is 5.97 Å². The van der Waals surface area contributed by atoms with Crippen LogP contribution in [0.4, 0.5) is 0 Å². The zero-order valence-corrected chi connectivity index (χ0v) is 7.92. The van der Waals surface area contributed by atoms with Gasteiger partial charge in [-0.1, -0.05) is 5.92 Å². The maximum absolute atomic E-state index is 10.1. The van der Waals surface area contributed by atoms with Gasteiger partial charge in [-0.2, -0.15) is 0 Å². The van der Waals surface area contributed by atoms with Gasteiger partial charge in [0.15, 0.2) is 0 Å². The molecule has 0 radical (unpaired) electrons.